The summed E-state index contributed by atoms with van der Waals surface area (Å²) >= 11 is 1.09. The van der Waals surface area contributed by atoms with Gasteiger partial charge in [-0.1, -0.05) is 18.2 Å². The van der Waals surface area contributed by atoms with Crippen LogP contribution >= 0.6 is 11.3 Å². The number of fused-ring (bicyclic) bond motifs is 1. The minimum absolute atomic E-state index is 0.208. The number of carbonyl (C=O) groups excluding carboxylic acids is 1. The summed E-state index contributed by atoms with van der Waals surface area (Å²) in [6.07, 6.45) is 0. The molecule has 0 radical (unpaired) electrons. The molecule has 9 heteroatoms. The Morgan fingerprint density at radius 3 is 2.35 bits per heavy atom. The summed E-state index contributed by atoms with van der Waals surface area (Å²) < 4.78 is 29.6. The second-order valence-corrected chi connectivity index (χ2v) is 7.66. The molecule has 0 saturated heterocycles. The quantitative estimate of drug-likeness (QED) is 0.476. The molecule has 31 heavy (non-hydrogen) atoms. The fraction of sp³-hybridized carbons (Fsp3) is 0.136. The Morgan fingerprint density at radius 1 is 1.03 bits per heavy atom. The van der Waals surface area contributed by atoms with Crippen molar-refractivity contribution in [2.75, 3.05) is 11.4 Å². The van der Waals surface area contributed by atoms with Crippen LogP contribution in [0, 0.1) is 11.6 Å². The van der Waals surface area contributed by atoms with Gasteiger partial charge in [-0.25, -0.2) is 18.1 Å². The highest BCUT2D eigenvalue weighted by atomic mass is 32.1. The van der Waals surface area contributed by atoms with E-state index in [9.17, 15) is 23.2 Å². The summed E-state index contributed by atoms with van der Waals surface area (Å²) in [6.45, 7) is 1.84. The molecule has 0 atom stereocenters. The van der Waals surface area contributed by atoms with Crippen molar-refractivity contribution < 1.29 is 13.6 Å². The van der Waals surface area contributed by atoms with Gasteiger partial charge in [-0.05, 0) is 42.6 Å². The minimum Gasteiger partial charge on any atom is -0.311 e. The molecule has 4 aromatic rings. The van der Waals surface area contributed by atoms with Crippen LogP contribution in [0.15, 0.2) is 69.6 Å². The lowest BCUT2D eigenvalue weighted by Gasteiger charge is -2.22. The zero-order chi connectivity index (χ0) is 22.1. The number of carbonyl (C=O) groups is 1. The van der Waals surface area contributed by atoms with Gasteiger partial charge in [0.15, 0.2) is 0 Å². The van der Waals surface area contributed by atoms with Gasteiger partial charge in [-0.3, -0.25) is 14.2 Å². The lowest BCUT2D eigenvalue weighted by molar-refractivity contribution is -0.119. The normalized spacial score (nSPS) is 11.1. The van der Waals surface area contributed by atoms with Gasteiger partial charge < -0.3 is 4.90 Å². The third-order valence-corrected chi connectivity index (χ3v) is 5.73. The maximum Gasteiger partial charge on any atom is 0.336 e. The van der Waals surface area contributed by atoms with Crippen molar-refractivity contribution in [3.8, 4) is 5.69 Å². The second kappa shape index (κ2) is 8.27. The number of hydrogen-bond acceptors (Lipinski definition) is 4. The zero-order valence-corrected chi connectivity index (χ0v) is 17.2. The molecule has 2 heterocycles. The van der Waals surface area contributed by atoms with Gasteiger partial charge in [0.05, 0.1) is 11.2 Å². The second-order valence-electron chi connectivity index (χ2n) is 6.75. The number of thiophene rings is 1. The number of para-hydroxylation sites is 1. The van der Waals surface area contributed by atoms with Gasteiger partial charge in [-0.15, -0.1) is 11.3 Å². The molecule has 0 aliphatic rings. The maximum atomic E-state index is 13.8. The number of rotatable bonds is 5. The van der Waals surface area contributed by atoms with E-state index in [1.807, 2.05) is 13.0 Å². The van der Waals surface area contributed by atoms with Crippen molar-refractivity contribution >= 4 is 33.1 Å². The molecule has 0 aliphatic carbocycles. The van der Waals surface area contributed by atoms with Crippen molar-refractivity contribution in [3.05, 3.63) is 92.4 Å². The number of nitrogens with zero attached hydrogens (tertiary/aromatic N) is 3. The summed E-state index contributed by atoms with van der Waals surface area (Å²) in [7, 11) is 0. The summed E-state index contributed by atoms with van der Waals surface area (Å²) in [6, 6.07) is 13.0. The molecule has 2 aromatic carbocycles. The lowest BCUT2D eigenvalue weighted by Crippen LogP contribution is -2.42. The molecular formula is C22H17F2N3O3S. The number of likely N-dealkylation sites (N-methyl/N-ethyl adjacent to an activating group) is 1. The van der Waals surface area contributed by atoms with Crippen molar-refractivity contribution in [1.29, 1.82) is 0 Å². The molecule has 0 aliphatic heterocycles. The zero-order valence-electron chi connectivity index (χ0n) is 16.4. The van der Waals surface area contributed by atoms with Crippen LogP contribution < -0.4 is 16.1 Å². The Kier molecular flexibility index (Phi) is 5.51. The van der Waals surface area contributed by atoms with E-state index in [0.717, 1.165) is 28.0 Å². The highest BCUT2D eigenvalue weighted by molar-refractivity contribution is 7.17. The van der Waals surface area contributed by atoms with Gasteiger partial charge in [0, 0.05) is 18.3 Å². The largest absolute Gasteiger partial charge is 0.336 e. The fourth-order valence-corrected chi connectivity index (χ4v) is 4.29. The molecule has 0 spiro atoms. The van der Waals surface area contributed by atoms with E-state index in [4.69, 9.17) is 0 Å². The predicted octanol–water partition coefficient (Wildman–Crippen LogP) is 3.55. The first-order valence-corrected chi connectivity index (χ1v) is 10.3. The monoisotopic (exact) mass is 441 g/mol. The van der Waals surface area contributed by atoms with Crippen LogP contribution in [-0.4, -0.2) is 21.6 Å². The van der Waals surface area contributed by atoms with Crippen LogP contribution in [0.5, 0.6) is 0 Å². The topological polar surface area (TPSA) is 64.3 Å². The number of hydrogen-bond donors (Lipinski definition) is 0. The highest BCUT2D eigenvalue weighted by Crippen LogP contribution is 2.19. The first-order valence-electron chi connectivity index (χ1n) is 9.45. The third kappa shape index (κ3) is 3.79. The van der Waals surface area contributed by atoms with Crippen LogP contribution in [0.2, 0.25) is 0 Å². The molecular weight excluding hydrogens is 424 g/mol. The van der Waals surface area contributed by atoms with Gasteiger partial charge >= 0.3 is 5.69 Å². The molecule has 6 nitrogen and oxygen atoms in total. The van der Waals surface area contributed by atoms with E-state index >= 15 is 0 Å². The van der Waals surface area contributed by atoms with E-state index in [-0.39, 0.29) is 22.8 Å². The molecule has 0 saturated carbocycles. The maximum absolute atomic E-state index is 13.8. The van der Waals surface area contributed by atoms with Crippen LogP contribution in [0.25, 0.3) is 15.9 Å². The molecule has 0 fully saturated rings. The minimum atomic E-state index is -0.920. The Morgan fingerprint density at radius 2 is 1.71 bits per heavy atom. The van der Waals surface area contributed by atoms with E-state index in [2.05, 4.69) is 0 Å². The van der Waals surface area contributed by atoms with E-state index in [1.54, 1.807) is 35.7 Å². The average Bonchev–Trinajstić information content (AvgIpc) is 3.22. The number of halogens is 2. The number of aromatic nitrogens is 2. The first-order chi connectivity index (χ1) is 14.9. The van der Waals surface area contributed by atoms with Crippen molar-refractivity contribution in [1.82, 2.24) is 9.13 Å². The Bertz CT molecular complexity index is 1370. The standard InChI is InChI=1S/C22H17F2N3O3S/c1-2-25(16-6-4-3-5-7-16)19(28)13-26-18-8-9-31-20(18)21(29)27(22(26)30)17-11-14(23)10-15(24)12-17/h3-12H,2,13H2,1H3. The Labute approximate surface area is 179 Å². The van der Waals surface area contributed by atoms with Crippen LogP contribution in [-0.2, 0) is 11.3 Å². The van der Waals surface area contributed by atoms with E-state index in [0.29, 0.717) is 28.4 Å². The van der Waals surface area contributed by atoms with E-state index in [1.165, 1.54) is 4.90 Å². The summed E-state index contributed by atoms with van der Waals surface area (Å²) in [5.41, 5.74) is -0.812. The molecule has 158 valence electrons. The summed E-state index contributed by atoms with van der Waals surface area (Å²) in [5, 5.41) is 1.62. The summed E-state index contributed by atoms with van der Waals surface area (Å²) in [5.74, 6) is -2.20. The van der Waals surface area contributed by atoms with Gasteiger partial charge in [-0.2, -0.15) is 0 Å². The number of anilines is 1. The van der Waals surface area contributed by atoms with Crippen molar-refractivity contribution in [3.63, 3.8) is 0 Å². The average molecular weight is 441 g/mol. The Balaban J connectivity index is 1.87. The van der Waals surface area contributed by atoms with Crippen LogP contribution in [0.4, 0.5) is 14.5 Å². The molecule has 4 rings (SSSR count). The number of benzene rings is 2. The number of amides is 1. The SMILES string of the molecule is CCN(C(=O)Cn1c(=O)n(-c2cc(F)cc(F)c2)c(=O)c2sccc21)c1ccccc1. The van der Waals surface area contributed by atoms with Crippen LogP contribution in [0.1, 0.15) is 6.92 Å². The summed E-state index contributed by atoms with van der Waals surface area (Å²) in [4.78, 5) is 40.7. The fourth-order valence-electron chi connectivity index (χ4n) is 3.47. The molecule has 2 aromatic heterocycles. The van der Waals surface area contributed by atoms with Gasteiger partial charge in [0.2, 0.25) is 5.91 Å². The Hall–Kier alpha value is -3.59. The molecule has 0 bridgehead atoms. The third-order valence-electron chi connectivity index (χ3n) is 4.84. The highest BCUT2D eigenvalue weighted by Gasteiger charge is 2.21. The van der Waals surface area contributed by atoms with Crippen molar-refractivity contribution in [2.45, 2.75) is 13.5 Å². The van der Waals surface area contributed by atoms with E-state index < -0.39 is 22.9 Å². The first kappa shape index (κ1) is 20.7. The predicted molar refractivity (Wildman–Crippen MR) is 116 cm³/mol. The van der Waals surface area contributed by atoms with Gasteiger partial charge in [0.25, 0.3) is 5.56 Å². The van der Waals surface area contributed by atoms with Gasteiger partial charge in [0.1, 0.15) is 22.9 Å². The van der Waals surface area contributed by atoms with Crippen molar-refractivity contribution in [2.24, 2.45) is 0 Å². The smallest absolute Gasteiger partial charge is 0.311 e. The lowest BCUT2D eigenvalue weighted by atomic mass is 10.2. The molecule has 0 N–H and O–H groups in total. The molecule has 0 unspecified atom stereocenters. The molecule has 1 amide bonds. The van der Waals surface area contributed by atoms with Crippen LogP contribution in [0.3, 0.4) is 0 Å².